The first-order valence-electron chi connectivity index (χ1n) is 9.76. The molecule has 0 bridgehead atoms. The zero-order chi connectivity index (χ0) is 19.9. The molecule has 1 saturated heterocycles. The van der Waals surface area contributed by atoms with Crippen LogP contribution in [0, 0.1) is 0 Å². The van der Waals surface area contributed by atoms with Crippen molar-refractivity contribution in [1.29, 1.82) is 0 Å². The lowest BCUT2D eigenvalue weighted by atomic mass is 10.2. The summed E-state index contributed by atoms with van der Waals surface area (Å²) in [6.45, 7) is 3.70. The van der Waals surface area contributed by atoms with Gasteiger partial charge in [-0.05, 0) is 29.8 Å². The van der Waals surface area contributed by atoms with E-state index in [1.807, 2.05) is 54.6 Å². The third kappa shape index (κ3) is 4.92. The molecule has 0 saturated carbocycles. The Kier molecular flexibility index (Phi) is 6.02. The highest BCUT2D eigenvalue weighted by molar-refractivity contribution is 5.94. The molecule has 1 fully saturated rings. The lowest BCUT2D eigenvalue weighted by molar-refractivity contribution is 0.0950. The smallest absolute Gasteiger partial charge is 0.253 e. The van der Waals surface area contributed by atoms with Crippen LogP contribution in [0.25, 0.3) is 0 Å². The van der Waals surface area contributed by atoms with Crippen LogP contribution in [0.4, 0.5) is 17.2 Å². The lowest BCUT2D eigenvalue weighted by Crippen LogP contribution is -2.36. The van der Waals surface area contributed by atoms with Crippen LogP contribution >= 0.6 is 0 Å². The summed E-state index contributed by atoms with van der Waals surface area (Å²) in [5.74, 6) is 0.562. The number of amides is 1. The molecule has 1 aliphatic rings. The van der Waals surface area contributed by atoms with Crippen molar-refractivity contribution < 1.29 is 9.53 Å². The van der Waals surface area contributed by atoms with E-state index in [1.54, 1.807) is 12.3 Å². The van der Waals surface area contributed by atoms with Crippen molar-refractivity contribution in [3.63, 3.8) is 0 Å². The second kappa shape index (κ2) is 9.21. The topological polar surface area (TPSA) is 66.5 Å². The molecule has 0 atom stereocenters. The van der Waals surface area contributed by atoms with E-state index in [0.717, 1.165) is 43.2 Å². The number of nitrogens with one attached hydrogen (secondary N) is 2. The van der Waals surface area contributed by atoms with E-state index in [4.69, 9.17) is 4.74 Å². The van der Waals surface area contributed by atoms with E-state index in [2.05, 4.69) is 26.6 Å². The van der Waals surface area contributed by atoms with Gasteiger partial charge in [-0.3, -0.25) is 4.79 Å². The number of morpholine rings is 1. The highest BCUT2D eigenvalue weighted by Gasteiger charge is 2.15. The van der Waals surface area contributed by atoms with Crippen LogP contribution in [0.1, 0.15) is 15.9 Å². The fourth-order valence-electron chi connectivity index (χ4n) is 3.28. The Hall–Kier alpha value is -3.38. The number of nitrogens with zero attached hydrogens (tertiary/aromatic N) is 2. The van der Waals surface area contributed by atoms with Gasteiger partial charge >= 0.3 is 0 Å². The molecule has 0 aliphatic carbocycles. The molecule has 0 unspecified atom stereocenters. The molecule has 3 aromatic rings. The van der Waals surface area contributed by atoms with Crippen LogP contribution in [0.2, 0.25) is 0 Å². The van der Waals surface area contributed by atoms with E-state index in [0.29, 0.717) is 17.9 Å². The van der Waals surface area contributed by atoms with E-state index in [1.165, 1.54) is 0 Å². The van der Waals surface area contributed by atoms with Gasteiger partial charge in [-0.25, -0.2) is 4.98 Å². The number of rotatable bonds is 6. The zero-order valence-electron chi connectivity index (χ0n) is 16.2. The molecule has 1 amide bonds. The number of carbonyl (C=O) groups is 1. The second-order valence-electron chi connectivity index (χ2n) is 6.84. The van der Waals surface area contributed by atoms with Crippen molar-refractivity contribution in [2.24, 2.45) is 0 Å². The summed E-state index contributed by atoms with van der Waals surface area (Å²) in [6, 6.07) is 21.6. The number of carbonyl (C=O) groups excluding carboxylic acids is 1. The number of aromatic nitrogens is 1. The molecule has 148 valence electrons. The minimum atomic E-state index is -0.137. The quantitative estimate of drug-likeness (QED) is 0.676. The molecule has 2 N–H and O–H groups in total. The number of pyridine rings is 1. The second-order valence-corrected chi connectivity index (χ2v) is 6.84. The maximum atomic E-state index is 12.4. The molecular formula is C23H24N4O2. The third-order valence-corrected chi connectivity index (χ3v) is 4.84. The van der Waals surface area contributed by atoms with Crippen LogP contribution in [-0.4, -0.2) is 37.2 Å². The number of benzene rings is 2. The fourth-order valence-corrected chi connectivity index (χ4v) is 3.28. The number of anilines is 3. The predicted octanol–water partition coefficient (Wildman–Crippen LogP) is 3.59. The van der Waals surface area contributed by atoms with Crippen LogP contribution in [0.15, 0.2) is 72.9 Å². The summed E-state index contributed by atoms with van der Waals surface area (Å²) in [6.07, 6.45) is 1.60. The van der Waals surface area contributed by atoms with E-state index in [-0.39, 0.29) is 5.91 Å². The minimum absolute atomic E-state index is 0.137. The van der Waals surface area contributed by atoms with Gasteiger partial charge in [0.1, 0.15) is 5.82 Å². The Bertz CT molecular complexity index is 939. The standard InChI is InChI=1S/C23H24N4O2/c28-23(25-16-18-6-2-1-3-7-18)19-10-11-22(24-17-19)26-20-8-4-5-9-21(20)27-12-14-29-15-13-27/h1-11,17H,12-16H2,(H,24,26)(H,25,28). The predicted molar refractivity (Wildman–Crippen MR) is 115 cm³/mol. The van der Waals surface area contributed by atoms with Gasteiger partial charge in [0.25, 0.3) is 5.91 Å². The van der Waals surface area contributed by atoms with Crippen LogP contribution in [-0.2, 0) is 11.3 Å². The zero-order valence-corrected chi connectivity index (χ0v) is 16.2. The first-order chi connectivity index (χ1) is 14.3. The van der Waals surface area contributed by atoms with Gasteiger partial charge in [0.2, 0.25) is 0 Å². The summed E-state index contributed by atoms with van der Waals surface area (Å²) < 4.78 is 5.45. The highest BCUT2D eigenvalue weighted by atomic mass is 16.5. The van der Waals surface area contributed by atoms with Crippen molar-refractivity contribution >= 4 is 23.1 Å². The molecule has 0 radical (unpaired) electrons. The highest BCUT2D eigenvalue weighted by Crippen LogP contribution is 2.28. The molecule has 6 heteroatoms. The van der Waals surface area contributed by atoms with E-state index >= 15 is 0 Å². The molecular weight excluding hydrogens is 364 g/mol. The van der Waals surface area contributed by atoms with E-state index < -0.39 is 0 Å². The summed E-state index contributed by atoms with van der Waals surface area (Å²) in [5, 5.41) is 6.29. The Balaban J connectivity index is 1.40. The summed E-state index contributed by atoms with van der Waals surface area (Å²) in [7, 11) is 0. The Morgan fingerprint density at radius 1 is 0.966 bits per heavy atom. The van der Waals surface area contributed by atoms with E-state index in [9.17, 15) is 4.79 Å². The number of hydrogen-bond donors (Lipinski definition) is 2. The van der Waals surface area contributed by atoms with Crippen LogP contribution in [0.3, 0.4) is 0 Å². The first kappa shape index (κ1) is 19.0. The molecule has 29 heavy (non-hydrogen) atoms. The van der Waals surface area contributed by atoms with Gasteiger partial charge in [-0.2, -0.15) is 0 Å². The average Bonchev–Trinajstić information content (AvgIpc) is 2.80. The maximum absolute atomic E-state index is 12.4. The van der Waals surface area contributed by atoms with Gasteiger partial charge < -0.3 is 20.3 Å². The van der Waals surface area contributed by atoms with Crippen molar-refractivity contribution in [2.75, 3.05) is 36.5 Å². The normalized spacial score (nSPS) is 13.7. The molecule has 2 heterocycles. The number of hydrogen-bond acceptors (Lipinski definition) is 5. The van der Waals surface area contributed by atoms with Gasteiger partial charge in [-0.15, -0.1) is 0 Å². The fraction of sp³-hybridized carbons (Fsp3) is 0.217. The SMILES string of the molecule is O=C(NCc1ccccc1)c1ccc(Nc2ccccc2N2CCOCC2)nc1. The largest absolute Gasteiger partial charge is 0.378 e. The van der Waals surface area contributed by atoms with Gasteiger partial charge in [0.05, 0.1) is 30.2 Å². The molecule has 2 aromatic carbocycles. The van der Waals surface area contributed by atoms with Crippen molar-refractivity contribution in [3.8, 4) is 0 Å². The summed E-state index contributed by atoms with van der Waals surface area (Å²) >= 11 is 0. The van der Waals surface area contributed by atoms with Gasteiger partial charge in [-0.1, -0.05) is 42.5 Å². The van der Waals surface area contributed by atoms with Crippen molar-refractivity contribution in [2.45, 2.75) is 6.54 Å². The van der Waals surface area contributed by atoms with Gasteiger partial charge in [0, 0.05) is 25.8 Å². The summed E-state index contributed by atoms with van der Waals surface area (Å²) in [4.78, 5) is 19.1. The monoisotopic (exact) mass is 388 g/mol. The summed E-state index contributed by atoms with van der Waals surface area (Å²) in [5.41, 5.74) is 3.71. The Morgan fingerprint density at radius 2 is 1.72 bits per heavy atom. The lowest BCUT2D eigenvalue weighted by Gasteiger charge is -2.30. The third-order valence-electron chi connectivity index (χ3n) is 4.84. The Labute approximate surface area is 170 Å². The molecule has 1 aromatic heterocycles. The van der Waals surface area contributed by atoms with Crippen LogP contribution < -0.4 is 15.5 Å². The number of ether oxygens (including phenoxy) is 1. The van der Waals surface area contributed by atoms with Crippen LogP contribution in [0.5, 0.6) is 0 Å². The molecule has 0 spiro atoms. The average molecular weight is 388 g/mol. The molecule has 4 rings (SSSR count). The number of para-hydroxylation sites is 2. The maximum Gasteiger partial charge on any atom is 0.253 e. The van der Waals surface area contributed by atoms with Crippen molar-refractivity contribution in [1.82, 2.24) is 10.3 Å². The first-order valence-corrected chi connectivity index (χ1v) is 9.76. The minimum Gasteiger partial charge on any atom is -0.378 e. The van der Waals surface area contributed by atoms with Gasteiger partial charge in [0.15, 0.2) is 0 Å². The molecule has 1 aliphatic heterocycles. The van der Waals surface area contributed by atoms with Crippen molar-refractivity contribution in [3.05, 3.63) is 84.1 Å². The molecule has 6 nitrogen and oxygen atoms in total. The Morgan fingerprint density at radius 3 is 2.48 bits per heavy atom.